The average molecular weight is 721 g/mol. The van der Waals surface area contributed by atoms with Crippen LogP contribution in [0.2, 0.25) is 0 Å². The fourth-order valence-electron chi connectivity index (χ4n) is 9.66. The van der Waals surface area contributed by atoms with Gasteiger partial charge in [0.2, 0.25) is 0 Å². The predicted molar refractivity (Wildman–Crippen MR) is 174 cm³/mol. The minimum atomic E-state index is -1.58. The van der Waals surface area contributed by atoms with E-state index in [0.29, 0.717) is 12.8 Å². The molecule has 0 aromatic heterocycles. The van der Waals surface area contributed by atoms with Crippen molar-refractivity contribution in [3.05, 3.63) is 0 Å². The number of hydrogen-bond acceptors (Lipinski definition) is 12. The fraction of sp³-hybridized carbons (Fsp3) is 0.946. The molecule has 0 bridgehead atoms. The number of aliphatic carboxylic acids is 1. The number of carbonyl (C=O) groups excluding carboxylic acids is 2. The van der Waals surface area contributed by atoms with Crippen molar-refractivity contribution < 1.29 is 88.0 Å². The van der Waals surface area contributed by atoms with E-state index in [0.717, 1.165) is 25.7 Å². The van der Waals surface area contributed by atoms with Gasteiger partial charge < -0.3 is 53.6 Å². The van der Waals surface area contributed by atoms with E-state index in [1.165, 1.54) is 6.92 Å². The summed E-state index contributed by atoms with van der Waals surface area (Å²) in [4.78, 5) is 24.2. The van der Waals surface area contributed by atoms with E-state index in [1.54, 1.807) is 13.8 Å². The normalized spacial score (nSPS) is 48.2. The zero-order valence-electron chi connectivity index (χ0n) is 31.9. The van der Waals surface area contributed by atoms with Crippen LogP contribution in [-0.4, -0.2) is 99.4 Å². The molecule has 282 valence electrons. The number of rotatable bonds is 10. The van der Waals surface area contributed by atoms with E-state index in [1.807, 2.05) is 20.8 Å². The van der Waals surface area contributed by atoms with Gasteiger partial charge in [0, 0.05) is 48.9 Å². The molecule has 0 aromatic carbocycles. The summed E-state index contributed by atoms with van der Waals surface area (Å²) in [7, 11) is 0. The van der Waals surface area contributed by atoms with Crippen LogP contribution in [0.15, 0.2) is 0 Å². The summed E-state index contributed by atoms with van der Waals surface area (Å²) < 4.78 is 39.0. The van der Waals surface area contributed by atoms with Crippen LogP contribution in [0.5, 0.6) is 0 Å². The quantitative estimate of drug-likeness (QED) is 0.202. The molecule has 0 unspecified atom stereocenters. The molecule has 0 saturated carbocycles. The van der Waals surface area contributed by atoms with Crippen LogP contribution in [-0.2, 0) is 38.0 Å². The number of aliphatic hydroxyl groups is 3. The van der Waals surface area contributed by atoms with Crippen molar-refractivity contribution in [3.63, 3.8) is 0 Å². The summed E-state index contributed by atoms with van der Waals surface area (Å²) in [6.45, 7) is 16.6. The Balaban J connectivity index is 0.00000562. The number of esters is 1. The summed E-state index contributed by atoms with van der Waals surface area (Å²) in [5.74, 6) is -6.38. The van der Waals surface area contributed by atoms with Crippen molar-refractivity contribution in [1.82, 2.24) is 0 Å². The van der Waals surface area contributed by atoms with Crippen molar-refractivity contribution in [2.24, 2.45) is 35.5 Å². The molecule has 17 atom stereocenters. The van der Waals surface area contributed by atoms with Gasteiger partial charge in [0.15, 0.2) is 11.6 Å². The molecule has 5 fully saturated rings. The van der Waals surface area contributed by atoms with Crippen molar-refractivity contribution in [2.75, 3.05) is 6.61 Å². The third-order valence-electron chi connectivity index (χ3n) is 12.9. The summed E-state index contributed by atoms with van der Waals surface area (Å²) >= 11 is 0. The van der Waals surface area contributed by atoms with Crippen molar-refractivity contribution in [2.45, 2.75) is 179 Å². The summed E-state index contributed by atoms with van der Waals surface area (Å²) in [5, 5.41) is 44.0. The smallest absolute Gasteiger partial charge is 0.550 e. The average Bonchev–Trinajstić information content (AvgIpc) is 3.74. The maximum absolute atomic E-state index is 12.3. The predicted octanol–water partition coefficient (Wildman–Crippen LogP) is -0.141. The fourth-order valence-corrected chi connectivity index (χ4v) is 9.66. The van der Waals surface area contributed by atoms with E-state index in [4.69, 9.17) is 28.4 Å². The molecule has 0 aromatic rings. The largest absolute Gasteiger partial charge is 1.00 e. The van der Waals surface area contributed by atoms with Gasteiger partial charge in [0.25, 0.3) is 0 Å². The summed E-state index contributed by atoms with van der Waals surface area (Å²) in [6, 6.07) is 0. The zero-order valence-corrected chi connectivity index (χ0v) is 33.9. The second-order valence-electron chi connectivity index (χ2n) is 16.8. The van der Waals surface area contributed by atoms with Crippen LogP contribution in [0, 0.1) is 35.5 Å². The second kappa shape index (κ2) is 15.8. The third kappa shape index (κ3) is 8.02. The maximum Gasteiger partial charge on any atom is 1.00 e. The maximum atomic E-state index is 12.3. The Labute approximate surface area is 319 Å². The van der Waals surface area contributed by atoms with Crippen molar-refractivity contribution >= 4 is 11.9 Å². The Bertz CT molecular complexity index is 1210. The number of aliphatic hydroxyl groups excluding tert-OH is 2. The van der Waals surface area contributed by atoms with E-state index >= 15 is 0 Å². The standard InChI is InChI=1S/C37H62O12.Na/c1-10-28(40)45-30(24(7)33(41)42)23(6)31-22(5)25(39)17-36(47-31)14-13-34(8,49-36)27-11-12-35(9,46-27)32-20(3)16-26(44-32)29-19(2)15-21(4)37(43,18-38)48-29;/h19-27,29-32,38-39,43H,10-18H2,1-9H3,(H,41,42);/q;+1/p-1/t19-,20-,21+,22+,23-,24-,25-,26+,27+,29-,30+,31-,32+,34-,35-,36+,37-;/m0./s1. The Morgan fingerprint density at radius 2 is 1.66 bits per heavy atom. The number of carbonyl (C=O) groups is 2. The molecule has 13 heteroatoms. The van der Waals surface area contributed by atoms with Crippen LogP contribution in [0.3, 0.4) is 0 Å². The molecular weight excluding hydrogens is 659 g/mol. The van der Waals surface area contributed by atoms with Crippen molar-refractivity contribution in [1.29, 1.82) is 0 Å². The summed E-state index contributed by atoms with van der Waals surface area (Å²) in [5.41, 5.74) is -1.30. The molecule has 5 aliphatic heterocycles. The molecule has 5 heterocycles. The molecule has 5 rings (SSSR count). The monoisotopic (exact) mass is 720 g/mol. The van der Waals surface area contributed by atoms with E-state index in [9.17, 15) is 30.0 Å². The molecule has 12 nitrogen and oxygen atoms in total. The van der Waals surface area contributed by atoms with Gasteiger partial charge in [-0.1, -0.05) is 48.5 Å². The van der Waals surface area contributed by atoms with Gasteiger partial charge >= 0.3 is 35.5 Å². The molecule has 5 saturated heterocycles. The number of carboxylic acid groups (broad SMARTS) is 1. The number of carboxylic acids is 1. The van der Waals surface area contributed by atoms with Crippen LogP contribution < -0.4 is 34.7 Å². The zero-order chi connectivity index (χ0) is 36.3. The van der Waals surface area contributed by atoms with E-state index in [-0.39, 0.29) is 90.5 Å². The van der Waals surface area contributed by atoms with Gasteiger partial charge in [0.05, 0.1) is 54.4 Å². The van der Waals surface area contributed by atoms with E-state index < -0.39 is 71.5 Å². The van der Waals surface area contributed by atoms with Crippen molar-refractivity contribution in [3.8, 4) is 0 Å². The van der Waals surface area contributed by atoms with Crippen LogP contribution in [0.25, 0.3) is 0 Å². The first-order chi connectivity index (χ1) is 22.8. The summed E-state index contributed by atoms with van der Waals surface area (Å²) in [6.07, 6.45) is 1.03. The first-order valence-corrected chi connectivity index (χ1v) is 18.6. The minimum absolute atomic E-state index is 0. The van der Waals surface area contributed by atoms with Gasteiger partial charge in [-0.2, -0.15) is 0 Å². The Morgan fingerprint density at radius 1 is 0.980 bits per heavy atom. The Hall–Kier alpha value is -0.380. The first-order valence-electron chi connectivity index (χ1n) is 18.6. The Morgan fingerprint density at radius 3 is 2.28 bits per heavy atom. The topological polar surface area (TPSA) is 173 Å². The molecule has 3 N–H and O–H groups in total. The molecule has 5 aliphatic rings. The first kappa shape index (κ1) is 42.4. The Kier molecular flexibility index (Phi) is 13.4. The SMILES string of the molecule is CCC(=O)O[C@H]([C@H](C)[C@H]1O[C@@]2(CC[C@@](C)([C@H]3CC[C@@](C)([C@@H]4O[C@@H]([C@H]5O[C@@](O)(CO)[C@H](C)C[C@@H]5C)C[C@@H]4C)O3)O2)C[C@H](O)[C@H]1C)[C@H](C)C(=O)[O-].[Na+]. The number of ether oxygens (including phenoxy) is 6. The molecule has 0 amide bonds. The second-order valence-corrected chi connectivity index (χ2v) is 16.8. The third-order valence-corrected chi connectivity index (χ3v) is 12.9. The number of hydrogen-bond donors (Lipinski definition) is 3. The van der Waals surface area contributed by atoms with Gasteiger partial charge in [-0.05, 0) is 57.8 Å². The van der Waals surface area contributed by atoms with E-state index in [2.05, 4.69) is 20.8 Å². The molecule has 0 aliphatic carbocycles. The van der Waals surface area contributed by atoms with Gasteiger partial charge in [-0.3, -0.25) is 4.79 Å². The van der Waals surface area contributed by atoms with Crippen LogP contribution in [0.4, 0.5) is 0 Å². The van der Waals surface area contributed by atoms with Gasteiger partial charge in [-0.25, -0.2) is 0 Å². The minimum Gasteiger partial charge on any atom is -0.550 e. The van der Waals surface area contributed by atoms with Gasteiger partial charge in [0.1, 0.15) is 6.10 Å². The van der Waals surface area contributed by atoms with Crippen LogP contribution >= 0.6 is 0 Å². The van der Waals surface area contributed by atoms with Gasteiger partial charge in [-0.15, -0.1) is 0 Å². The van der Waals surface area contributed by atoms with Crippen LogP contribution in [0.1, 0.15) is 114 Å². The molecule has 1 spiro atoms. The molecular formula is C37H61NaO12. The molecule has 50 heavy (non-hydrogen) atoms. The molecule has 0 radical (unpaired) electrons.